The lowest BCUT2D eigenvalue weighted by Crippen LogP contribution is -2.34. The summed E-state index contributed by atoms with van der Waals surface area (Å²) in [4.78, 5) is 24.0. The predicted octanol–water partition coefficient (Wildman–Crippen LogP) is 2.37. The molecular formula is C21H25N3O5. The standard InChI is InChI=1S/C21H25N3O5/c1-4-11-29-17-8-5-15(6-9-17)13-23-24-20(25)14-22-21(26)16-7-10-18(27-2)19(12-16)28-3/h5-10,12-13H,4,11,14H2,1-3H3,(H,22,26)(H,24,25). The van der Waals surface area contributed by atoms with Gasteiger partial charge in [-0.3, -0.25) is 9.59 Å². The molecule has 2 N–H and O–H groups in total. The van der Waals surface area contributed by atoms with Crippen LogP contribution in [0.2, 0.25) is 0 Å². The van der Waals surface area contributed by atoms with Crippen LogP contribution in [0, 0.1) is 0 Å². The largest absolute Gasteiger partial charge is 0.494 e. The number of hydrogen-bond donors (Lipinski definition) is 2. The lowest BCUT2D eigenvalue weighted by molar-refractivity contribution is -0.120. The Morgan fingerprint density at radius 3 is 2.41 bits per heavy atom. The number of hydrogen-bond acceptors (Lipinski definition) is 6. The fourth-order valence-electron chi connectivity index (χ4n) is 2.33. The number of nitrogens with one attached hydrogen (secondary N) is 2. The highest BCUT2D eigenvalue weighted by Gasteiger charge is 2.11. The normalized spacial score (nSPS) is 10.4. The summed E-state index contributed by atoms with van der Waals surface area (Å²) >= 11 is 0. The van der Waals surface area contributed by atoms with Crippen molar-refractivity contribution in [2.75, 3.05) is 27.4 Å². The Balaban J connectivity index is 1.80. The van der Waals surface area contributed by atoms with Crippen LogP contribution in [0.15, 0.2) is 47.6 Å². The Bertz CT molecular complexity index is 850. The van der Waals surface area contributed by atoms with Crippen molar-refractivity contribution < 1.29 is 23.8 Å². The van der Waals surface area contributed by atoms with Crippen LogP contribution in [0.5, 0.6) is 17.2 Å². The van der Waals surface area contributed by atoms with Crippen molar-refractivity contribution in [1.82, 2.24) is 10.7 Å². The maximum Gasteiger partial charge on any atom is 0.259 e. The van der Waals surface area contributed by atoms with Gasteiger partial charge in [0.15, 0.2) is 11.5 Å². The second-order valence-corrected chi connectivity index (χ2v) is 5.96. The summed E-state index contributed by atoms with van der Waals surface area (Å²) in [5.41, 5.74) is 3.53. The van der Waals surface area contributed by atoms with Gasteiger partial charge in [0.1, 0.15) is 5.75 Å². The molecule has 0 fully saturated rings. The van der Waals surface area contributed by atoms with E-state index in [2.05, 4.69) is 15.8 Å². The molecule has 2 amide bonds. The first-order chi connectivity index (χ1) is 14.1. The van der Waals surface area contributed by atoms with Crippen LogP contribution in [0.4, 0.5) is 0 Å². The smallest absolute Gasteiger partial charge is 0.259 e. The molecule has 0 saturated heterocycles. The molecular weight excluding hydrogens is 374 g/mol. The fraction of sp³-hybridized carbons (Fsp3) is 0.286. The molecule has 0 unspecified atom stereocenters. The highest BCUT2D eigenvalue weighted by molar-refractivity contribution is 5.97. The monoisotopic (exact) mass is 399 g/mol. The second kappa shape index (κ2) is 11.3. The van der Waals surface area contributed by atoms with E-state index in [0.29, 0.717) is 23.7 Å². The molecule has 0 atom stereocenters. The molecule has 0 bridgehead atoms. The minimum absolute atomic E-state index is 0.214. The Kier molecular flexibility index (Phi) is 8.50. The molecule has 8 nitrogen and oxygen atoms in total. The van der Waals surface area contributed by atoms with Gasteiger partial charge in [-0.25, -0.2) is 5.43 Å². The zero-order chi connectivity index (χ0) is 21.1. The molecule has 0 aliphatic heterocycles. The Morgan fingerprint density at radius 2 is 1.76 bits per heavy atom. The van der Waals surface area contributed by atoms with Crippen molar-refractivity contribution in [3.05, 3.63) is 53.6 Å². The maximum atomic E-state index is 12.2. The summed E-state index contributed by atoms with van der Waals surface area (Å²) in [6.45, 7) is 2.49. The number of carbonyl (C=O) groups excluding carboxylic acids is 2. The first kappa shape index (κ1) is 21.7. The lowest BCUT2D eigenvalue weighted by Gasteiger charge is -2.09. The molecule has 29 heavy (non-hydrogen) atoms. The van der Waals surface area contributed by atoms with Crippen LogP contribution in [-0.4, -0.2) is 45.4 Å². The highest BCUT2D eigenvalue weighted by Crippen LogP contribution is 2.27. The molecule has 0 spiro atoms. The van der Waals surface area contributed by atoms with E-state index in [1.165, 1.54) is 26.5 Å². The Labute approximate surface area is 169 Å². The van der Waals surface area contributed by atoms with Crippen LogP contribution in [0.1, 0.15) is 29.3 Å². The topological polar surface area (TPSA) is 98.2 Å². The average molecular weight is 399 g/mol. The number of ether oxygens (including phenoxy) is 3. The van der Waals surface area contributed by atoms with Gasteiger partial charge >= 0.3 is 0 Å². The van der Waals surface area contributed by atoms with Gasteiger partial charge in [0.25, 0.3) is 11.8 Å². The number of carbonyl (C=O) groups is 2. The molecule has 0 heterocycles. The lowest BCUT2D eigenvalue weighted by atomic mass is 10.2. The minimum Gasteiger partial charge on any atom is -0.494 e. The second-order valence-electron chi connectivity index (χ2n) is 5.96. The number of rotatable bonds is 10. The molecule has 2 aromatic rings. The molecule has 2 aromatic carbocycles. The van der Waals surface area contributed by atoms with Crippen molar-refractivity contribution in [3.8, 4) is 17.2 Å². The first-order valence-electron chi connectivity index (χ1n) is 9.12. The van der Waals surface area contributed by atoms with Gasteiger partial charge in [0.2, 0.25) is 0 Å². The van der Waals surface area contributed by atoms with Crippen LogP contribution in [0.3, 0.4) is 0 Å². The third-order valence-electron chi connectivity index (χ3n) is 3.81. The van der Waals surface area contributed by atoms with Gasteiger partial charge in [-0.05, 0) is 54.4 Å². The van der Waals surface area contributed by atoms with Crippen LogP contribution in [0.25, 0.3) is 0 Å². The summed E-state index contributed by atoms with van der Waals surface area (Å²) in [6, 6.07) is 12.1. The number of nitrogens with zero attached hydrogens (tertiary/aromatic N) is 1. The Hall–Kier alpha value is -3.55. The van der Waals surface area contributed by atoms with E-state index in [0.717, 1.165) is 17.7 Å². The number of methoxy groups -OCH3 is 2. The molecule has 0 aliphatic carbocycles. The van der Waals surface area contributed by atoms with Gasteiger partial charge in [-0.2, -0.15) is 5.10 Å². The molecule has 0 radical (unpaired) electrons. The van der Waals surface area contributed by atoms with Gasteiger partial charge in [0, 0.05) is 5.56 Å². The maximum absolute atomic E-state index is 12.2. The molecule has 0 aromatic heterocycles. The fourth-order valence-corrected chi connectivity index (χ4v) is 2.33. The summed E-state index contributed by atoms with van der Waals surface area (Å²) in [7, 11) is 2.99. The minimum atomic E-state index is -0.446. The quantitative estimate of drug-likeness (QED) is 0.472. The molecule has 0 saturated carbocycles. The Morgan fingerprint density at radius 1 is 1.03 bits per heavy atom. The summed E-state index contributed by atoms with van der Waals surface area (Å²) in [5, 5.41) is 6.41. The average Bonchev–Trinajstić information content (AvgIpc) is 2.76. The van der Waals surface area contributed by atoms with Crippen LogP contribution in [-0.2, 0) is 4.79 Å². The number of amides is 2. The van der Waals surface area contributed by atoms with Gasteiger partial charge in [-0.15, -0.1) is 0 Å². The van der Waals surface area contributed by atoms with Gasteiger partial charge in [-0.1, -0.05) is 6.92 Å². The third kappa shape index (κ3) is 6.84. The van der Waals surface area contributed by atoms with Crippen molar-refractivity contribution in [2.24, 2.45) is 5.10 Å². The van der Waals surface area contributed by atoms with E-state index in [9.17, 15) is 9.59 Å². The number of hydrazone groups is 1. The number of benzene rings is 2. The summed E-state index contributed by atoms with van der Waals surface area (Å²) in [5.74, 6) is 0.873. The molecule has 0 aliphatic rings. The van der Waals surface area contributed by atoms with Crippen molar-refractivity contribution in [2.45, 2.75) is 13.3 Å². The van der Waals surface area contributed by atoms with E-state index in [1.807, 2.05) is 31.2 Å². The van der Waals surface area contributed by atoms with Crippen molar-refractivity contribution >= 4 is 18.0 Å². The highest BCUT2D eigenvalue weighted by atomic mass is 16.5. The van der Waals surface area contributed by atoms with E-state index >= 15 is 0 Å². The molecule has 8 heteroatoms. The molecule has 2 rings (SSSR count). The van der Waals surface area contributed by atoms with Crippen LogP contribution >= 0.6 is 0 Å². The third-order valence-corrected chi connectivity index (χ3v) is 3.81. The van der Waals surface area contributed by atoms with Crippen molar-refractivity contribution in [1.29, 1.82) is 0 Å². The van der Waals surface area contributed by atoms with Crippen molar-refractivity contribution in [3.63, 3.8) is 0 Å². The van der Waals surface area contributed by atoms with E-state index in [1.54, 1.807) is 12.1 Å². The van der Waals surface area contributed by atoms with E-state index < -0.39 is 11.8 Å². The summed E-state index contributed by atoms with van der Waals surface area (Å²) < 4.78 is 15.8. The zero-order valence-corrected chi connectivity index (χ0v) is 16.7. The van der Waals surface area contributed by atoms with E-state index in [4.69, 9.17) is 14.2 Å². The SMILES string of the molecule is CCCOc1ccc(C=NNC(=O)CNC(=O)c2ccc(OC)c(OC)c2)cc1. The first-order valence-corrected chi connectivity index (χ1v) is 9.12. The van der Waals surface area contributed by atoms with Gasteiger partial charge in [0.05, 0.1) is 33.6 Å². The van der Waals surface area contributed by atoms with Gasteiger partial charge < -0.3 is 19.5 Å². The predicted molar refractivity (Wildman–Crippen MR) is 110 cm³/mol. The molecule has 154 valence electrons. The zero-order valence-electron chi connectivity index (χ0n) is 16.7. The van der Waals surface area contributed by atoms with E-state index in [-0.39, 0.29) is 6.54 Å². The van der Waals surface area contributed by atoms with Crippen LogP contribution < -0.4 is 25.0 Å². The summed E-state index contributed by atoms with van der Waals surface area (Å²) in [6.07, 6.45) is 2.45.